The van der Waals surface area contributed by atoms with Gasteiger partial charge in [0.1, 0.15) is 5.75 Å². The Morgan fingerprint density at radius 2 is 1.97 bits per heavy atom. The fourth-order valence-corrected chi connectivity index (χ4v) is 6.96. The van der Waals surface area contributed by atoms with Crippen molar-refractivity contribution in [3.63, 3.8) is 0 Å². The van der Waals surface area contributed by atoms with Crippen LogP contribution >= 0.6 is 50.3 Å². The van der Waals surface area contributed by atoms with Crippen molar-refractivity contribution in [2.45, 2.75) is 44.1 Å². The Balaban J connectivity index is 1.69. The lowest BCUT2D eigenvalue weighted by molar-refractivity contribution is -0.129. The molecule has 158 valence electrons. The largest absolute Gasteiger partial charge is 0.506 e. The average Bonchev–Trinajstić information content (AvgIpc) is 3.02. The Morgan fingerprint density at radius 3 is 2.70 bits per heavy atom. The number of benzene rings is 2. The van der Waals surface area contributed by atoms with Gasteiger partial charge in [-0.15, -0.1) is 0 Å². The topological polar surface area (TPSA) is 52.6 Å². The van der Waals surface area contributed by atoms with Crippen LogP contribution in [0.4, 0.5) is 5.69 Å². The van der Waals surface area contributed by atoms with Crippen molar-refractivity contribution >= 4 is 68.0 Å². The van der Waals surface area contributed by atoms with E-state index in [0.29, 0.717) is 16.4 Å². The molecule has 1 saturated heterocycles. The Bertz CT molecular complexity index is 969. The highest BCUT2D eigenvalue weighted by molar-refractivity contribution is 14.1. The smallest absolute Gasteiger partial charge is 0.262 e. The van der Waals surface area contributed by atoms with Crippen LogP contribution < -0.4 is 5.32 Å². The summed E-state index contributed by atoms with van der Waals surface area (Å²) in [4.78, 5) is 16.2. The number of phenols is 1. The average molecular weight is 599 g/mol. The van der Waals surface area contributed by atoms with E-state index in [-0.39, 0.29) is 23.2 Å². The molecule has 7 heteroatoms. The molecule has 1 unspecified atom stereocenters. The molecule has 2 aromatic rings. The third-order valence-corrected chi connectivity index (χ3v) is 8.16. The van der Waals surface area contributed by atoms with Gasteiger partial charge < -0.3 is 15.3 Å². The van der Waals surface area contributed by atoms with Crippen molar-refractivity contribution in [3.05, 3.63) is 61.0 Å². The van der Waals surface area contributed by atoms with Crippen LogP contribution in [0.2, 0.25) is 0 Å². The summed E-state index contributed by atoms with van der Waals surface area (Å²) < 4.78 is 1.63. The number of carbonyl (C=O) groups excluding carboxylic acids is 1. The number of hydrogen-bond donors (Lipinski definition) is 2. The van der Waals surface area contributed by atoms with Crippen LogP contribution in [0, 0.1) is 9.49 Å². The van der Waals surface area contributed by atoms with Crippen LogP contribution in [-0.2, 0) is 4.79 Å². The maximum Gasteiger partial charge on any atom is 0.262 e. The molecule has 1 aliphatic carbocycles. The van der Waals surface area contributed by atoms with Gasteiger partial charge in [0.2, 0.25) is 0 Å². The maximum absolute atomic E-state index is 13.5. The lowest BCUT2D eigenvalue weighted by atomic mass is 9.85. The summed E-state index contributed by atoms with van der Waals surface area (Å²) >= 11 is 7.13. The second-order valence-electron chi connectivity index (χ2n) is 7.86. The number of aromatic hydroxyl groups is 1. The number of nitrogens with one attached hydrogen (secondary N) is 1. The van der Waals surface area contributed by atoms with Crippen molar-refractivity contribution in [1.29, 1.82) is 0 Å². The zero-order valence-electron chi connectivity index (χ0n) is 16.6. The zero-order chi connectivity index (χ0) is 21.3. The van der Waals surface area contributed by atoms with E-state index < -0.39 is 0 Å². The fraction of sp³-hybridized carbons (Fsp3) is 0.348. The second kappa shape index (κ2) is 9.53. The van der Waals surface area contributed by atoms with Gasteiger partial charge in [-0.1, -0.05) is 65.7 Å². The van der Waals surface area contributed by atoms with Gasteiger partial charge in [0.25, 0.3) is 5.91 Å². The summed E-state index contributed by atoms with van der Waals surface area (Å²) in [6.45, 7) is 2.26. The van der Waals surface area contributed by atoms with Gasteiger partial charge in [0, 0.05) is 21.8 Å². The first-order valence-corrected chi connectivity index (χ1v) is 12.9. The predicted molar refractivity (Wildman–Crippen MR) is 136 cm³/mol. The van der Waals surface area contributed by atoms with Crippen LogP contribution in [0.25, 0.3) is 6.08 Å². The quantitative estimate of drug-likeness (QED) is 0.306. The molecule has 1 aliphatic heterocycles. The number of para-hydroxylation sites is 1. The molecular formula is C23H24BrIN2O2S. The predicted octanol–water partition coefficient (Wildman–Crippen LogP) is 6.65. The minimum atomic E-state index is -0.162. The van der Waals surface area contributed by atoms with E-state index in [9.17, 15) is 9.90 Å². The highest BCUT2D eigenvalue weighted by Gasteiger charge is 2.43. The van der Waals surface area contributed by atoms with Gasteiger partial charge in [0.05, 0.1) is 8.48 Å². The molecular weight excluding hydrogens is 575 g/mol. The van der Waals surface area contributed by atoms with Crippen molar-refractivity contribution in [1.82, 2.24) is 4.90 Å². The maximum atomic E-state index is 13.5. The molecule has 1 heterocycles. The molecule has 2 N–H and O–H groups in total. The molecule has 2 aliphatic rings. The highest BCUT2D eigenvalue weighted by Crippen LogP contribution is 2.43. The first-order chi connectivity index (χ1) is 14.4. The van der Waals surface area contributed by atoms with Crippen LogP contribution in [0.1, 0.15) is 38.2 Å². The minimum Gasteiger partial charge on any atom is -0.506 e. The Labute approximate surface area is 203 Å². The van der Waals surface area contributed by atoms with Crippen LogP contribution in [-0.4, -0.2) is 27.5 Å². The Morgan fingerprint density at radius 1 is 1.23 bits per heavy atom. The summed E-state index contributed by atoms with van der Waals surface area (Å²) in [5, 5.41) is 14.1. The van der Waals surface area contributed by atoms with Crippen molar-refractivity contribution in [3.8, 4) is 5.75 Å². The van der Waals surface area contributed by atoms with Crippen molar-refractivity contribution < 1.29 is 9.90 Å². The number of thioether (sulfide) groups is 1. The molecule has 0 spiro atoms. The summed E-state index contributed by atoms with van der Waals surface area (Å²) in [5.74, 6) is 0.723. The zero-order valence-corrected chi connectivity index (χ0v) is 21.2. The normalized spacial score (nSPS) is 25.7. The van der Waals surface area contributed by atoms with Crippen molar-refractivity contribution in [2.75, 3.05) is 5.32 Å². The van der Waals surface area contributed by atoms with Crippen LogP contribution in [0.3, 0.4) is 0 Å². The molecule has 0 radical (unpaired) electrons. The van der Waals surface area contributed by atoms with E-state index in [0.717, 1.165) is 33.0 Å². The minimum absolute atomic E-state index is 0.0431. The Kier molecular flexibility index (Phi) is 6.99. The number of anilines is 1. The molecule has 4 rings (SSSR count). The first-order valence-electron chi connectivity index (χ1n) is 10.1. The fourth-order valence-electron chi connectivity index (χ4n) is 4.20. The van der Waals surface area contributed by atoms with Crippen LogP contribution in [0.5, 0.6) is 5.75 Å². The van der Waals surface area contributed by atoms with E-state index in [1.807, 2.05) is 53.4 Å². The monoisotopic (exact) mass is 598 g/mol. The van der Waals surface area contributed by atoms with Gasteiger partial charge in [-0.05, 0) is 71.7 Å². The third kappa shape index (κ3) is 4.67. The summed E-state index contributed by atoms with van der Waals surface area (Å²) in [7, 11) is 0. The van der Waals surface area contributed by atoms with Gasteiger partial charge in [-0.25, -0.2) is 0 Å². The Hall–Kier alpha value is -1.19. The second-order valence-corrected chi connectivity index (χ2v) is 11.1. The van der Waals surface area contributed by atoms with Gasteiger partial charge in [0.15, 0.2) is 5.50 Å². The van der Waals surface area contributed by atoms with E-state index in [1.165, 1.54) is 18.2 Å². The summed E-state index contributed by atoms with van der Waals surface area (Å²) in [5.41, 5.74) is 1.49. The molecule has 2 aromatic carbocycles. The number of rotatable bonds is 4. The molecule has 3 atom stereocenters. The van der Waals surface area contributed by atoms with Crippen molar-refractivity contribution in [2.24, 2.45) is 5.92 Å². The van der Waals surface area contributed by atoms with E-state index in [1.54, 1.807) is 0 Å². The summed E-state index contributed by atoms with van der Waals surface area (Å²) in [6, 6.07) is 14.0. The number of carbonyl (C=O) groups is 1. The molecule has 0 aromatic heterocycles. The number of halogens is 2. The number of phenolic OH excluding ortho intramolecular Hbond substituents is 1. The van der Waals surface area contributed by atoms with Gasteiger partial charge in [-0.3, -0.25) is 4.79 Å². The number of nitrogens with zero attached hydrogens (tertiary/aromatic N) is 1. The van der Waals surface area contributed by atoms with E-state index in [4.69, 9.17) is 0 Å². The van der Waals surface area contributed by atoms with E-state index >= 15 is 0 Å². The lowest BCUT2D eigenvalue weighted by Gasteiger charge is -2.39. The number of hydrogen-bond acceptors (Lipinski definition) is 4. The summed E-state index contributed by atoms with van der Waals surface area (Å²) in [6.07, 6.45) is 6.40. The van der Waals surface area contributed by atoms with E-state index in [2.05, 4.69) is 50.8 Å². The standard InChI is InChI=1S/C23H24BrIN2O2S/c1-14-7-5-6-10-19(14)27-22(29)20(12-15-11-16(24)13-18(25)21(15)28)30-23(27)26-17-8-3-2-4-9-17/h2-4,8-9,11-14,19,23,26,28H,5-7,10H2,1H3/b20-12-/t14-,19-,23?/m1/s1. The molecule has 4 nitrogen and oxygen atoms in total. The lowest BCUT2D eigenvalue weighted by Crippen LogP contribution is -2.48. The van der Waals surface area contributed by atoms with Gasteiger partial charge >= 0.3 is 0 Å². The SMILES string of the molecule is C[C@@H]1CCCC[C@H]1N1C(=O)/C(=C/c2cc(Br)cc(I)c2O)SC1Nc1ccccc1. The molecule has 0 bridgehead atoms. The molecule has 2 fully saturated rings. The molecule has 1 saturated carbocycles. The third-order valence-electron chi connectivity index (χ3n) is 5.77. The molecule has 1 amide bonds. The molecule has 30 heavy (non-hydrogen) atoms. The number of amides is 1. The highest BCUT2D eigenvalue weighted by atomic mass is 127. The van der Waals surface area contributed by atoms with Gasteiger partial charge in [-0.2, -0.15) is 0 Å². The van der Waals surface area contributed by atoms with Crippen LogP contribution in [0.15, 0.2) is 51.8 Å². The first kappa shape index (κ1) is 22.0.